The third-order valence-electron chi connectivity index (χ3n) is 6.78. The molecule has 0 radical (unpaired) electrons. The summed E-state index contributed by atoms with van der Waals surface area (Å²) < 4.78 is 0. The molecule has 2 N–H and O–H groups in total. The second kappa shape index (κ2) is 7.84. The van der Waals surface area contributed by atoms with Gasteiger partial charge in [0.2, 0.25) is 0 Å². The number of hydrogen-bond donors (Lipinski definition) is 2. The lowest BCUT2D eigenvalue weighted by Crippen LogP contribution is -2.58. The molecule has 1 aliphatic carbocycles. The molecule has 0 aromatic heterocycles. The molecule has 3 rings (SSSR count). The summed E-state index contributed by atoms with van der Waals surface area (Å²) in [5.74, 6) is 0.845. The number of β-amino-alcohol motifs (C(OH)–C–C–N with tert-alkyl or cyclic N) is 1. The van der Waals surface area contributed by atoms with Gasteiger partial charge in [0.05, 0.1) is 6.10 Å². The van der Waals surface area contributed by atoms with Gasteiger partial charge in [0.1, 0.15) is 5.60 Å². The maximum absolute atomic E-state index is 11.5. The summed E-state index contributed by atoms with van der Waals surface area (Å²) >= 11 is 0. The summed E-state index contributed by atoms with van der Waals surface area (Å²) in [6, 6.07) is 10.1. The molecule has 0 spiro atoms. The average molecular weight is 358 g/mol. The molecule has 0 bridgehead atoms. The first-order valence-corrected chi connectivity index (χ1v) is 10.2. The molecule has 2 aliphatic rings. The smallest absolute Gasteiger partial charge is 0.103 e. The Morgan fingerprint density at radius 2 is 1.85 bits per heavy atom. The highest BCUT2D eigenvalue weighted by Crippen LogP contribution is 2.41. The standard InChI is InChI=1S/C23H35NO2/c1-18-12-13-20(21(25)16-18)22(2,3)24-15-9-5-8-14-23(26,17-24)19-10-6-4-7-11-19/h4-7,9-11,18,20-21,25-26H,8,12-17H2,1-3H3/b9-5-/t18-,20-,21-,23-/m1/s1. The predicted molar refractivity (Wildman–Crippen MR) is 107 cm³/mol. The van der Waals surface area contributed by atoms with Crippen LogP contribution in [0.1, 0.15) is 58.4 Å². The molecule has 1 aliphatic heterocycles. The van der Waals surface area contributed by atoms with Gasteiger partial charge >= 0.3 is 0 Å². The Hall–Kier alpha value is -1.16. The molecule has 3 nitrogen and oxygen atoms in total. The largest absolute Gasteiger partial charge is 0.393 e. The van der Waals surface area contributed by atoms with Crippen molar-refractivity contribution >= 4 is 0 Å². The van der Waals surface area contributed by atoms with Crippen LogP contribution in [0.25, 0.3) is 0 Å². The SMILES string of the molecule is C[C@@H]1CC[C@@H](C(C)(C)N2C/C=C\CC[C@](O)(c3ccccc3)C2)[C@H](O)C1. The van der Waals surface area contributed by atoms with Crippen molar-refractivity contribution in [3.05, 3.63) is 48.0 Å². The first kappa shape index (κ1) is 19.6. The van der Waals surface area contributed by atoms with Crippen LogP contribution < -0.4 is 0 Å². The number of rotatable bonds is 3. The molecule has 0 amide bonds. The Kier molecular flexibility index (Phi) is 5.91. The summed E-state index contributed by atoms with van der Waals surface area (Å²) in [7, 11) is 0. The molecular weight excluding hydrogens is 322 g/mol. The number of nitrogens with zero attached hydrogens (tertiary/aromatic N) is 1. The Labute approximate surface area is 158 Å². The van der Waals surface area contributed by atoms with Gasteiger partial charge in [-0.15, -0.1) is 0 Å². The number of aliphatic hydroxyl groups is 2. The van der Waals surface area contributed by atoms with E-state index in [9.17, 15) is 10.2 Å². The molecule has 3 heteroatoms. The summed E-state index contributed by atoms with van der Waals surface area (Å²) in [6.07, 6.45) is 8.90. The van der Waals surface area contributed by atoms with Gasteiger partial charge in [-0.1, -0.05) is 55.8 Å². The summed E-state index contributed by atoms with van der Waals surface area (Å²) in [5, 5.41) is 22.3. The van der Waals surface area contributed by atoms with Gasteiger partial charge in [-0.05, 0) is 51.0 Å². The predicted octanol–water partition coefficient (Wildman–Crippen LogP) is 4.10. The van der Waals surface area contributed by atoms with E-state index in [2.05, 4.69) is 37.8 Å². The molecule has 1 fully saturated rings. The van der Waals surface area contributed by atoms with Crippen LogP contribution in [0.4, 0.5) is 0 Å². The fraction of sp³-hybridized carbons (Fsp3) is 0.652. The Morgan fingerprint density at radius 3 is 2.54 bits per heavy atom. The van der Waals surface area contributed by atoms with E-state index < -0.39 is 5.60 Å². The lowest BCUT2D eigenvalue weighted by molar-refractivity contribution is -0.0811. The monoisotopic (exact) mass is 357 g/mol. The van der Waals surface area contributed by atoms with Gasteiger partial charge in [-0.2, -0.15) is 0 Å². The van der Waals surface area contributed by atoms with Gasteiger partial charge in [-0.3, -0.25) is 4.90 Å². The highest BCUT2D eigenvalue weighted by molar-refractivity contribution is 5.24. The van der Waals surface area contributed by atoms with Crippen LogP contribution in [0.5, 0.6) is 0 Å². The van der Waals surface area contributed by atoms with Crippen LogP contribution in [0, 0.1) is 11.8 Å². The molecule has 1 aromatic carbocycles. The number of hydrogen-bond acceptors (Lipinski definition) is 3. The topological polar surface area (TPSA) is 43.7 Å². The summed E-state index contributed by atoms with van der Waals surface area (Å²) in [6.45, 7) is 8.16. The Balaban J connectivity index is 1.87. The van der Waals surface area contributed by atoms with E-state index in [1.165, 1.54) is 6.42 Å². The van der Waals surface area contributed by atoms with Crippen molar-refractivity contribution in [3.63, 3.8) is 0 Å². The normalized spacial score (nSPS) is 35.5. The summed E-state index contributed by atoms with van der Waals surface area (Å²) in [4.78, 5) is 2.39. The van der Waals surface area contributed by atoms with Crippen molar-refractivity contribution in [1.29, 1.82) is 0 Å². The van der Waals surface area contributed by atoms with Crippen LogP contribution in [-0.2, 0) is 5.60 Å². The van der Waals surface area contributed by atoms with Crippen molar-refractivity contribution in [1.82, 2.24) is 4.90 Å². The minimum Gasteiger partial charge on any atom is -0.393 e. The Morgan fingerprint density at radius 1 is 1.12 bits per heavy atom. The zero-order valence-electron chi connectivity index (χ0n) is 16.6. The van der Waals surface area contributed by atoms with Crippen molar-refractivity contribution in [2.75, 3.05) is 13.1 Å². The van der Waals surface area contributed by atoms with Gasteiger partial charge in [0.15, 0.2) is 0 Å². The van der Waals surface area contributed by atoms with Crippen molar-refractivity contribution < 1.29 is 10.2 Å². The highest BCUT2D eigenvalue weighted by atomic mass is 16.3. The second-order valence-electron chi connectivity index (χ2n) is 9.03. The van der Waals surface area contributed by atoms with Crippen molar-refractivity contribution in [3.8, 4) is 0 Å². The molecular formula is C23H35NO2. The molecule has 0 saturated heterocycles. The van der Waals surface area contributed by atoms with Gasteiger partial charge in [0, 0.05) is 24.5 Å². The fourth-order valence-electron chi connectivity index (χ4n) is 4.93. The Bertz CT molecular complexity index is 612. The maximum Gasteiger partial charge on any atom is 0.103 e. The quantitative estimate of drug-likeness (QED) is 0.801. The van der Waals surface area contributed by atoms with Gasteiger partial charge in [0.25, 0.3) is 0 Å². The van der Waals surface area contributed by atoms with E-state index in [1.807, 2.05) is 30.3 Å². The minimum atomic E-state index is -0.851. The number of aliphatic hydroxyl groups excluding tert-OH is 1. The molecule has 4 atom stereocenters. The van der Waals surface area contributed by atoms with Crippen LogP contribution in [0.15, 0.2) is 42.5 Å². The zero-order chi connectivity index (χ0) is 18.8. The number of benzene rings is 1. The van der Waals surface area contributed by atoms with Crippen molar-refractivity contribution in [2.45, 2.75) is 70.1 Å². The molecule has 1 heterocycles. The first-order valence-electron chi connectivity index (χ1n) is 10.2. The van der Waals surface area contributed by atoms with Gasteiger partial charge in [-0.25, -0.2) is 0 Å². The first-order chi connectivity index (χ1) is 12.3. The maximum atomic E-state index is 11.5. The van der Waals surface area contributed by atoms with Crippen molar-refractivity contribution in [2.24, 2.45) is 11.8 Å². The van der Waals surface area contributed by atoms with Crippen LogP contribution >= 0.6 is 0 Å². The molecule has 1 aromatic rings. The molecule has 144 valence electrons. The van der Waals surface area contributed by atoms with E-state index in [4.69, 9.17) is 0 Å². The lowest BCUT2D eigenvalue weighted by atomic mass is 9.70. The van der Waals surface area contributed by atoms with Gasteiger partial charge < -0.3 is 10.2 Å². The van der Waals surface area contributed by atoms with E-state index in [1.54, 1.807) is 0 Å². The molecule has 26 heavy (non-hydrogen) atoms. The molecule has 1 saturated carbocycles. The minimum absolute atomic E-state index is 0.163. The third kappa shape index (κ3) is 4.05. The van der Waals surface area contributed by atoms with E-state index in [0.717, 1.165) is 37.8 Å². The van der Waals surface area contributed by atoms with Crippen LogP contribution in [0.2, 0.25) is 0 Å². The van der Waals surface area contributed by atoms with E-state index >= 15 is 0 Å². The highest BCUT2D eigenvalue weighted by Gasteiger charge is 2.44. The molecule has 0 unspecified atom stereocenters. The van der Waals surface area contributed by atoms with E-state index in [0.29, 0.717) is 12.5 Å². The van der Waals surface area contributed by atoms with E-state index in [-0.39, 0.29) is 17.6 Å². The third-order valence-corrected chi connectivity index (χ3v) is 6.78. The fourth-order valence-corrected chi connectivity index (χ4v) is 4.93. The average Bonchev–Trinajstić information content (AvgIpc) is 2.58. The van der Waals surface area contributed by atoms with Crippen LogP contribution in [0.3, 0.4) is 0 Å². The summed E-state index contributed by atoms with van der Waals surface area (Å²) in [5.41, 5.74) is -0.0193. The van der Waals surface area contributed by atoms with Crippen LogP contribution in [-0.4, -0.2) is 39.8 Å². The lowest BCUT2D eigenvalue weighted by Gasteiger charge is -2.50. The number of allylic oxidation sites excluding steroid dienone is 1. The zero-order valence-corrected chi connectivity index (χ0v) is 16.6. The second-order valence-corrected chi connectivity index (χ2v) is 9.03.